The number of alkyl halides is 6. The number of hydrogen-bond donors (Lipinski definition) is 2. The molecule has 0 saturated carbocycles. The van der Waals surface area contributed by atoms with Crippen molar-refractivity contribution >= 4 is 47.8 Å². The highest BCUT2D eigenvalue weighted by Crippen LogP contribution is 2.44. The minimum absolute atomic E-state index is 0.0134. The van der Waals surface area contributed by atoms with Gasteiger partial charge >= 0.3 is 12.7 Å². The van der Waals surface area contributed by atoms with Crippen LogP contribution in [0.1, 0.15) is 0 Å². The third kappa shape index (κ3) is 8.47. The summed E-state index contributed by atoms with van der Waals surface area (Å²) in [6, 6.07) is 5.30. The molecule has 0 aliphatic rings. The Bertz CT molecular complexity index is 778. The molecule has 0 radical (unpaired) electrons. The minimum atomic E-state index is -4.78. The van der Waals surface area contributed by atoms with E-state index in [1.165, 1.54) is 0 Å². The molecule has 2 aromatic rings. The van der Waals surface area contributed by atoms with Gasteiger partial charge in [-0.25, -0.2) is 0 Å². The van der Waals surface area contributed by atoms with Gasteiger partial charge in [-0.3, -0.25) is 0 Å². The van der Waals surface area contributed by atoms with Crippen molar-refractivity contribution < 1.29 is 46.0 Å². The van der Waals surface area contributed by atoms with E-state index in [-0.39, 0.29) is 30.7 Å². The van der Waals surface area contributed by atoms with Gasteiger partial charge in [-0.2, -0.15) is 0 Å². The lowest BCUT2D eigenvalue weighted by Gasteiger charge is -2.12. The predicted octanol–water partition coefficient (Wildman–Crippen LogP) is 6.87. The van der Waals surface area contributed by atoms with Crippen molar-refractivity contribution in [2.45, 2.75) is 12.7 Å². The van der Waals surface area contributed by atoms with E-state index in [0.29, 0.717) is 0 Å². The van der Waals surface area contributed by atoms with E-state index in [4.69, 9.17) is 5.11 Å². The standard InChI is InChI=1S/C7H2Br3F3O2.C7H5F3O2/c8-2-1-3(15-7(11,12)13)4(9)5(10)6(2)14;8-7(9,10)12-6-3-1-5(11)2-4-6/h1,14H;1-4,11H. The molecule has 2 N–H and O–H groups in total. The molecule has 0 aliphatic heterocycles. The summed E-state index contributed by atoms with van der Waals surface area (Å²) < 4.78 is 78.0. The molecule has 27 heavy (non-hydrogen) atoms. The predicted molar refractivity (Wildman–Crippen MR) is 92.7 cm³/mol. The maximum Gasteiger partial charge on any atom is 0.573 e. The number of phenols is 2. The largest absolute Gasteiger partial charge is 0.573 e. The summed E-state index contributed by atoms with van der Waals surface area (Å²) in [6.07, 6.45) is -9.46. The SMILES string of the molecule is Oc1c(Br)cc(OC(F)(F)F)c(Br)c1Br.Oc1ccc(OC(F)(F)F)cc1. The van der Waals surface area contributed by atoms with Crippen LogP contribution >= 0.6 is 47.8 Å². The molecule has 13 heteroatoms. The van der Waals surface area contributed by atoms with Crippen molar-refractivity contribution in [2.75, 3.05) is 0 Å². The van der Waals surface area contributed by atoms with E-state index in [0.717, 1.165) is 30.3 Å². The molecule has 0 amide bonds. The number of aromatic hydroxyl groups is 2. The summed E-state index contributed by atoms with van der Waals surface area (Å²) in [5.74, 6) is -1.11. The first-order valence-corrected chi connectivity index (χ1v) is 8.74. The fraction of sp³-hybridized carbons (Fsp3) is 0.143. The second-order valence-corrected chi connectivity index (χ2v) is 6.86. The van der Waals surface area contributed by atoms with Crippen LogP contribution in [0.2, 0.25) is 0 Å². The van der Waals surface area contributed by atoms with Gasteiger partial charge in [0.25, 0.3) is 0 Å². The second-order valence-electron chi connectivity index (χ2n) is 4.42. The summed E-state index contributed by atoms with van der Waals surface area (Å²) >= 11 is 8.67. The molecule has 0 aliphatic carbocycles. The van der Waals surface area contributed by atoms with E-state index in [1.54, 1.807) is 0 Å². The molecule has 0 saturated heterocycles. The molecule has 150 valence electrons. The Balaban J connectivity index is 0.000000277. The maximum atomic E-state index is 11.9. The number of rotatable bonds is 2. The van der Waals surface area contributed by atoms with Gasteiger partial charge in [0.2, 0.25) is 0 Å². The van der Waals surface area contributed by atoms with Gasteiger partial charge in [0.1, 0.15) is 23.0 Å². The van der Waals surface area contributed by atoms with Gasteiger partial charge in [-0.05, 0) is 78.1 Å². The van der Waals surface area contributed by atoms with Crippen LogP contribution < -0.4 is 9.47 Å². The topological polar surface area (TPSA) is 58.9 Å². The van der Waals surface area contributed by atoms with Crippen molar-refractivity contribution in [1.82, 2.24) is 0 Å². The fourth-order valence-corrected chi connectivity index (χ4v) is 2.87. The first kappa shape index (κ1) is 23.7. The van der Waals surface area contributed by atoms with Crippen LogP contribution in [0, 0.1) is 0 Å². The molecule has 0 spiro atoms. The minimum Gasteiger partial charge on any atom is -0.508 e. The van der Waals surface area contributed by atoms with Crippen LogP contribution in [-0.4, -0.2) is 22.9 Å². The van der Waals surface area contributed by atoms with Gasteiger partial charge in [-0.1, -0.05) is 0 Å². The van der Waals surface area contributed by atoms with Gasteiger partial charge in [-0.15, -0.1) is 26.3 Å². The summed E-state index contributed by atoms with van der Waals surface area (Å²) in [6.45, 7) is 0. The van der Waals surface area contributed by atoms with Crippen molar-refractivity contribution in [3.63, 3.8) is 0 Å². The molecule has 0 unspecified atom stereocenters. The van der Waals surface area contributed by atoms with E-state index in [9.17, 15) is 31.4 Å². The van der Waals surface area contributed by atoms with Gasteiger partial charge in [0.15, 0.2) is 0 Å². The normalized spacial score (nSPS) is 11.4. The Morgan fingerprint density at radius 3 is 1.67 bits per heavy atom. The lowest BCUT2D eigenvalue weighted by Crippen LogP contribution is -2.17. The summed E-state index contributed by atoms with van der Waals surface area (Å²) in [4.78, 5) is 0. The molecule has 0 atom stereocenters. The maximum absolute atomic E-state index is 11.9. The van der Waals surface area contributed by atoms with Crippen molar-refractivity contribution in [2.24, 2.45) is 0 Å². The number of benzene rings is 2. The first-order valence-electron chi connectivity index (χ1n) is 6.36. The van der Waals surface area contributed by atoms with Gasteiger partial charge in [0, 0.05) is 0 Å². The zero-order chi connectivity index (χ0) is 21.0. The van der Waals surface area contributed by atoms with Gasteiger partial charge < -0.3 is 19.7 Å². The molecule has 0 fully saturated rings. The molecular formula is C14H7Br3F6O4. The monoisotopic (exact) mass is 590 g/mol. The third-order valence-corrected chi connectivity index (χ3v) is 5.09. The van der Waals surface area contributed by atoms with Crippen LogP contribution in [0.25, 0.3) is 0 Å². The average molecular weight is 593 g/mol. The van der Waals surface area contributed by atoms with Gasteiger partial charge in [0.05, 0.1) is 13.4 Å². The molecule has 4 nitrogen and oxygen atoms in total. The summed E-state index contributed by atoms with van der Waals surface area (Å²) in [5, 5.41) is 18.1. The highest BCUT2D eigenvalue weighted by atomic mass is 79.9. The molecule has 2 rings (SSSR count). The van der Waals surface area contributed by atoms with Crippen LogP contribution in [0.3, 0.4) is 0 Å². The zero-order valence-electron chi connectivity index (χ0n) is 12.5. The first-order chi connectivity index (χ1) is 12.2. The van der Waals surface area contributed by atoms with E-state index in [2.05, 4.69) is 57.3 Å². The van der Waals surface area contributed by atoms with E-state index >= 15 is 0 Å². The Labute approximate surface area is 173 Å². The number of halogens is 9. The van der Waals surface area contributed by atoms with Crippen LogP contribution in [0.15, 0.2) is 43.7 Å². The summed E-state index contributed by atoms with van der Waals surface area (Å²) in [7, 11) is 0. The average Bonchev–Trinajstić information content (AvgIpc) is 2.51. The highest BCUT2D eigenvalue weighted by Gasteiger charge is 2.33. The lowest BCUT2D eigenvalue weighted by molar-refractivity contribution is -0.275. The van der Waals surface area contributed by atoms with Crippen molar-refractivity contribution in [3.8, 4) is 23.0 Å². The molecule has 0 heterocycles. The zero-order valence-corrected chi connectivity index (χ0v) is 17.3. The van der Waals surface area contributed by atoms with Crippen molar-refractivity contribution in [3.05, 3.63) is 43.7 Å². The van der Waals surface area contributed by atoms with E-state index in [1.807, 2.05) is 0 Å². The van der Waals surface area contributed by atoms with E-state index < -0.39 is 18.5 Å². The smallest absolute Gasteiger partial charge is 0.508 e. The quantitative estimate of drug-likeness (QED) is 0.295. The second kappa shape index (κ2) is 9.24. The highest BCUT2D eigenvalue weighted by molar-refractivity contribution is 9.13. The van der Waals surface area contributed by atoms with Crippen LogP contribution in [0.5, 0.6) is 23.0 Å². The lowest BCUT2D eigenvalue weighted by atomic mass is 10.3. The number of phenolic OH excluding ortho intramolecular Hbond substituents is 2. The Morgan fingerprint density at radius 1 is 0.741 bits per heavy atom. The number of hydrogen-bond acceptors (Lipinski definition) is 4. The van der Waals surface area contributed by atoms with Crippen LogP contribution in [-0.2, 0) is 0 Å². The fourth-order valence-electron chi connectivity index (χ4n) is 1.41. The van der Waals surface area contributed by atoms with Crippen molar-refractivity contribution in [1.29, 1.82) is 0 Å². The molecular weight excluding hydrogens is 586 g/mol. The Hall–Kier alpha value is -1.34. The molecule has 2 aromatic carbocycles. The molecule has 0 aromatic heterocycles. The Kier molecular flexibility index (Phi) is 8.11. The number of ether oxygens (including phenoxy) is 2. The van der Waals surface area contributed by atoms with Crippen LogP contribution in [0.4, 0.5) is 26.3 Å². The summed E-state index contributed by atoms with van der Waals surface area (Å²) in [5.41, 5.74) is 0. The molecule has 0 bridgehead atoms. The third-order valence-electron chi connectivity index (χ3n) is 2.40. The Morgan fingerprint density at radius 2 is 1.22 bits per heavy atom.